The number of halogens is 1. The summed E-state index contributed by atoms with van der Waals surface area (Å²) < 4.78 is 26.2. The fourth-order valence-corrected chi connectivity index (χ4v) is 3.33. The van der Waals surface area contributed by atoms with Crippen molar-refractivity contribution in [3.63, 3.8) is 0 Å². The first kappa shape index (κ1) is 24.5. The van der Waals surface area contributed by atoms with Crippen LogP contribution in [0, 0.1) is 15.9 Å². The number of nitrogens with one attached hydrogen (secondary N) is 1. The van der Waals surface area contributed by atoms with E-state index in [4.69, 9.17) is 9.47 Å². The standard InChI is InChI=1S/C25H22FN5O5/c1-2-35-13-14-36-25-28-23(17-5-3-7-19(26)15-17)30(29-25)21-11-9-20(10-12-21)27-24(32)18-6-4-8-22(16-18)31(33)34/h3-12,15-16H,2,13-14H2,1H3,(H,27,32). The summed E-state index contributed by atoms with van der Waals surface area (Å²) in [7, 11) is 0. The Bertz CT molecular complexity index is 1370. The number of anilines is 1. The van der Waals surface area contributed by atoms with Crippen LogP contribution in [0.4, 0.5) is 15.8 Å². The molecule has 0 unspecified atom stereocenters. The number of aromatic nitrogens is 3. The second-order valence-electron chi connectivity index (χ2n) is 7.49. The number of carbonyl (C=O) groups excluding carboxylic acids is 1. The van der Waals surface area contributed by atoms with Crippen molar-refractivity contribution in [3.8, 4) is 23.1 Å². The van der Waals surface area contributed by atoms with Crippen LogP contribution in [0.25, 0.3) is 17.1 Å². The maximum absolute atomic E-state index is 13.9. The van der Waals surface area contributed by atoms with Crippen LogP contribution < -0.4 is 10.1 Å². The van der Waals surface area contributed by atoms with E-state index in [1.54, 1.807) is 36.4 Å². The van der Waals surface area contributed by atoms with Crippen molar-refractivity contribution >= 4 is 17.3 Å². The van der Waals surface area contributed by atoms with E-state index in [-0.39, 0.29) is 23.9 Å². The number of nitrogens with zero attached hydrogens (tertiary/aromatic N) is 4. The normalized spacial score (nSPS) is 10.7. The highest BCUT2D eigenvalue weighted by Gasteiger charge is 2.16. The second-order valence-corrected chi connectivity index (χ2v) is 7.49. The molecule has 4 aromatic rings. The Morgan fingerprint density at radius 1 is 1.08 bits per heavy atom. The molecule has 1 amide bonds. The van der Waals surface area contributed by atoms with Crippen LogP contribution in [-0.4, -0.2) is 45.4 Å². The van der Waals surface area contributed by atoms with Gasteiger partial charge in [0.25, 0.3) is 11.6 Å². The van der Waals surface area contributed by atoms with Crippen molar-refractivity contribution in [2.24, 2.45) is 0 Å². The monoisotopic (exact) mass is 491 g/mol. The Morgan fingerprint density at radius 2 is 1.86 bits per heavy atom. The van der Waals surface area contributed by atoms with Crippen LogP contribution in [0.5, 0.6) is 6.01 Å². The van der Waals surface area contributed by atoms with Crippen molar-refractivity contribution < 1.29 is 23.6 Å². The van der Waals surface area contributed by atoms with Crippen molar-refractivity contribution in [1.82, 2.24) is 14.8 Å². The lowest BCUT2D eigenvalue weighted by Gasteiger charge is -2.09. The molecule has 11 heteroatoms. The minimum atomic E-state index is -0.561. The number of nitro groups is 1. The van der Waals surface area contributed by atoms with Gasteiger partial charge >= 0.3 is 6.01 Å². The second kappa shape index (κ2) is 11.2. The molecule has 0 spiro atoms. The summed E-state index contributed by atoms with van der Waals surface area (Å²) in [4.78, 5) is 27.4. The van der Waals surface area contributed by atoms with Crippen LogP contribution in [0.2, 0.25) is 0 Å². The number of rotatable bonds is 10. The first-order valence-electron chi connectivity index (χ1n) is 11.0. The molecule has 0 radical (unpaired) electrons. The Balaban J connectivity index is 1.57. The van der Waals surface area contributed by atoms with Gasteiger partial charge in [-0.3, -0.25) is 14.9 Å². The number of hydrogen-bond donors (Lipinski definition) is 1. The molecule has 3 aromatic carbocycles. The third-order valence-corrected chi connectivity index (χ3v) is 5.02. The maximum atomic E-state index is 13.9. The Labute approximate surface area is 205 Å². The molecule has 184 valence electrons. The zero-order valence-electron chi connectivity index (χ0n) is 19.3. The average molecular weight is 491 g/mol. The first-order valence-corrected chi connectivity index (χ1v) is 11.0. The predicted molar refractivity (Wildman–Crippen MR) is 130 cm³/mol. The molecule has 36 heavy (non-hydrogen) atoms. The molecule has 0 saturated heterocycles. The van der Waals surface area contributed by atoms with Crippen LogP contribution in [0.1, 0.15) is 17.3 Å². The average Bonchev–Trinajstić information content (AvgIpc) is 3.31. The van der Waals surface area contributed by atoms with E-state index in [0.717, 1.165) is 0 Å². The quantitative estimate of drug-likeness (QED) is 0.195. The zero-order chi connectivity index (χ0) is 25.5. The van der Waals surface area contributed by atoms with Crippen LogP contribution >= 0.6 is 0 Å². The largest absolute Gasteiger partial charge is 0.460 e. The Kier molecular flexibility index (Phi) is 7.61. The SMILES string of the molecule is CCOCCOc1nc(-c2cccc(F)c2)n(-c2ccc(NC(=O)c3cccc([N+](=O)[O-])c3)cc2)n1. The minimum Gasteiger partial charge on any atom is -0.460 e. The van der Waals surface area contributed by atoms with Gasteiger partial charge in [0.2, 0.25) is 0 Å². The van der Waals surface area contributed by atoms with Gasteiger partial charge in [0, 0.05) is 35.6 Å². The first-order chi connectivity index (χ1) is 17.4. The smallest absolute Gasteiger partial charge is 0.336 e. The number of benzene rings is 3. The van der Waals surface area contributed by atoms with Gasteiger partial charge in [-0.25, -0.2) is 9.07 Å². The van der Waals surface area contributed by atoms with Crippen molar-refractivity contribution in [1.29, 1.82) is 0 Å². The van der Waals surface area contributed by atoms with Gasteiger partial charge < -0.3 is 14.8 Å². The molecule has 1 N–H and O–H groups in total. The van der Waals surface area contributed by atoms with E-state index in [2.05, 4.69) is 15.4 Å². The lowest BCUT2D eigenvalue weighted by molar-refractivity contribution is -0.384. The molecule has 4 rings (SSSR count). The van der Waals surface area contributed by atoms with Crippen LogP contribution in [-0.2, 0) is 4.74 Å². The van der Waals surface area contributed by atoms with E-state index in [1.807, 2.05) is 6.92 Å². The topological polar surface area (TPSA) is 121 Å². The summed E-state index contributed by atoms with van der Waals surface area (Å²) in [5.41, 5.74) is 1.55. The number of amides is 1. The van der Waals surface area contributed by atoms with Crippen molar-refractivity contribution in [3.05, 3.63) is 94.3 Å². The molecule has 0 atom stereocenters. The van der Waals surface area contributed by atoms with E-state index in [0.29, 0.717) is 36.0 Å². The third-order valence-electron chi connectivity index (χ3n) is 5.02. The molecular formula is C25H22FN5O5. The lowest BCUT2D eigenvalue weighted by Crippen LogP contribution is -2.12. The molecule has 0 aliphatic carbocycles. The van der Waals surface area contributed by atoms with Gasteiger partial charge in [0.05, 0.1) is 17.2 Å². The number of ether oxygens (including phenoxy) is 2. The van der Waals surface area contributed by atoms with Gasteiger partial charge in [0.15, 0.2) is 5.82 Å². The summed E-state index contributed by atoms with van der Waals surface area (Å²) in [5.74, 6) is -0.535. The summed E-state index contributed by atoms with van der Waals surface area (Å²) in [6, 6.07) is 18.2. The number of hydrogen-bond acceptors (Lipinski definition) is 7. The molecule has 0 fully saturated rings. The van der Waals surface area contributed by atoms with Crippen LogP contribution in [0.3, 0.4) is 0 Å². The fourth-order valence-electron chi connectivity index (χ4n) is 3.33. The number of carbonyl (C=O) groups is 1. The molecule has 1 heterocycles. The lowest BCUT2D eigenvalue weighted by atomic mass is 10.2. The predicted octanol–water partition coefficient (Wildman–Crippen LogP) is 4.65. The fraction of sp³-hybridized carbons (Fsp3) is 0.160. The summed E-state index contributed by atoms with van der Waals surface area (Å²) >= 11 is 0. The van der Waals surface area contributed by atoms with Crippen LogP contribution in [0.15, 0.2) is 72.8 Å². The van der Waals surface area contributed by atoms with Crippen molar-refractivity contribution in [2.45, 2.75) is 6.92 Å². The molecule has 0 aliphatic rings. The van der Waals surface area contributed by atoms with Gasteiger partial charge in [0.1, 0.15) is 12.4 Å². The van der Waals surface area contributed by atoms with Gasteiger partial charge in [-0.15, -0.1) is 5.10 Å². The molecule has 1 aromatic heterocycles. The number of nitro benzene ring substituents is 1. The molecule has 10 nitrogen and oxygen atoms in total. The molecular weight excluding hydrogens is 469 g/mol. The highest BCUT2D eigenvalue weighted by Crippen LogP contribution is 2.25. The van der Waals surface area contributed by atoms with Gasteiger partial charge in [-0.1, -0.05) is 18.2 Å². The summed E-state index contributed by atoms with van der Waals surface area (Å²) in [5, 5.41) is 18.1. The molecule has 0 saturated carbocycles. The van der Waals surface area contributed by atoms with Gasteiger partial charge in [-0.2, -0.15) is 4.98 Å². The van der Waals surface area contributed by atoms with E-state index < -0.39 is 16.6 Å². The Morgan fingerprint density at radius 3 is 2.58 bits per heavy atom. The maximum Gasteiger partial charge on any atom is 0.336 e. The molecule has 0 bridgehead atoms. The minimum absolute atomic E-state index is 0.108. The Hall–Kier alpha value is -4.64. The van der Waals surface area contributed by atoms with E-state index in [9.17, 15) is 19.3 Å². The van der Waals surface area contributed by atoms with E-state index in [1.165, 1.54) is 41.1 Å². The zero-order valence-corrected chi connectivity index (χ0v) is 19.3. The van der Waals surface area contributed by atoms with Gasteiger partial charge in [-0.05, 0) is 49.4 Å². The highest BCUT2D eigenvalue weighted by atomic mass is 19.1. The van der Waals surface area contributed by atoms with E-state index >= 15 is 0 Å². The summed E-state index contributed by atoms with van der Waals surface area (Å²) in [6.07, 6.45) is 0. The molecule has 0 aliphatic heterocycles. The number of non-ortho nitro benzene ring substituents is 1. The summed E-state index contributed by atoms with van der Waals surface area (Å²) in [6.45, 7) is 3.07. The highest BCUT2D eigenvalue weighted by molar-refractivity contribution is 6.04. The third kappa shape index (κ3) is 5.88. The van der Waals surface area contributed by atoms with Crippen molar-refractivity contribution in [2.75, 3.05) is 25.1 Å².